The standard InChI is InChI=1S/C13H26N2O/c1-10-6-7-15(9-13(10)16-3)12-5-4-11(2)14-8-12/h10-14H,4-9H2,1-3H3. The SMILES string of the molecule is COC1CN(C2CCC(C)NC2)CCC1C. The molecule has 2 aliphatic rings. The molecule has 0 amide bonds. The molecule has 4 atom stereocenters. The molecule has 3 heteroatoms. The zero-order chi connectivity index (χ0) is 11.5. The van der Waals surface area contributed by atoms with E-state index in [1.54, 1.807) is 0 Å². The van der Waals surface area contributed by atoms with Crippen LogP contribution in [0.2, 0.25) is 0 Å². The molecule has 2 fully saturated rings. The van der Waals surface area contributed by atoms with Gasteiger partial charge >= 0.3 is 0 Å². The van der Waals surface area contributed by atoms with Crippen molar-refractivity contribution < 1.29 is 4.74 Å². The Morgan fingerprint density at radius 1 is 1.19 bits per heavy atom. The molecule has 94 valence electrons. The van der Waals surface area contributed by atoms with Crippen molar-refractivity contribution >= 4 is 0 Å². The van der Waals surface area contributed by atoms with Crippen LogP contribution in [-0.4, -0.2) is 49.8 Å². The van der Waals surface area contributed by atoms with Gasteiger partial charge in [-0.25, -0.2) is 0 Å². The minimum atomic E-state index is 0.438. The van der Waals surface area contributed by atoms with Gasteiger partial charge in [-0.1, -0.05) is 6.92 Å². The summed E-state index contributed by atoms with van der Waals surface area (Å²) in [7, 11) is 1.85. The Bertz CT molecular complexity index is 214. The van der Waals surface area contributed by atoms with Gasteiger partial charge in [-0.15, -0.1) is 0 Å². The molecule has 3 nitrogen and oxygen atoms in total. The Morgan fingerprint density at radius 3 is 2.62 bits per heavy atom. The second kappa shape index (κ2) is 5.48. The van der Waals surface area contributed by atoms with E-state index in [1.807, 2.05) is 7.11 Å². The van der Waals surface area contributed by atoms with E-state index in [1.165, 1.54) is 25.8 Å². The quantitative estimate of drug-likeness (QED) is 0.772. The topological polar surface area (TPSA) is 24.5 Å². The third kappa shape index (κ3) is 2.76. The third-order valence-electron chi connectivity index (χ3n) is 4.37. The maximum Gasteiger partial charge on any atom is 0.0724 e. The van der Waals surface area contributed by atoms with E-state index in [2.05, 4.69) is 24.1 Å². The molecule has 16 heavy (non-hydrogen) atoms. The Hall–Kier alpha value is -0.120. The summed E-state index contributed by atoms with van der Waals surface area (Å²) < 4.78 is 5.58. The Balaban J connectivity index is 1.85. The van der Waals surface area contributed by atoms with Crippen molar-refractivity contribution in [2.24, 2.45) is 5.92 Å². The first-order valence-corrected chi connectivity index (χ1v) is 6.71. The summed E-state index contributed by atoms with van der Waals surface area (Å²) >= 11 is 0. The third-order valence-corrected chi connectivity index (χ3v) is 4.37. The van der Waals surface area contributed by atoms with Crippen LogP contribution in [0.25, 0.3) is 0 Å². The van der Waals surface area contributed by atoms with Crippen LogP contribution in [0.4, 0.5) is 0 Å². The van der Waals surface area contributed by atoms with Crippen molar-refractivity contribution in [1.82, 2.24) is 10.2 Å². The van der Waals surface area contributed by atoms with Crippen molar-refractivity contribution in [3.8, 4) is 0 Å². The molecule has 0 radical (unpaired) electrons. The van der Waals surface area contributed by atoms with Crippen LogP contribution in [0, 0.1) is 5.92 Å². The van der Waals surface area contributed by atoms with Crippen LogP contribution < -0.4 is 5.32 Å². The van der Waals surface area contributed by atoms with Gasteiger partial charge in [0.25, 0.3) is 0 Å². The smallest absolute Gasteiger partial charge is 0.0724 e. The minimum absolute atomic E-state index is 0.438. The number of hydrogen-bond acceptors (Lipinski definition) is 3. The fourth-order valence-corrected chi connectivity index (χ4v) is 2.99. The fourth-order valence-electron chi connectivity index (χ4n) is 2.99. The maximum atomic E-state index is 5.58. The molecule has 0 saturated carbocycles. The maximum absolute atomic E-state index is 5.58. The van der Waals surface area contributed by atoms with Crippen LogP contribution in [0.15, 0.2) is 0 Å². The van der Waals surface area contributed by atoms with Crippen LogP contribution >= 0.6 is 0 Å². The highest BCUT2D eigenvalue weighted by atomic mass is 16.5. The van der Waals surface area contributed by atoms with Crippen LogP contribution in [-0.2, 0) is 4.74 Å². The number of rotatable bonds is 2. The van der Waals surface area contributed by atoms with Crippen molar-refractivity contribution in [2.45, 2.75) is 51.3 Å². The van der Waals surface area contributed by atoms with Gasteiger partial charge < -0.3 is 10.1 Å². The Kier molecular flexibility index (Phi) is 4.22. The largest absolute Gasteiger partial charge is 0.380 e. The van der Waals surface area contributed by atoms with Gasteiger partial charge in [-0.3, -0.25) is 4.90 Å². The summed E-state index contributed by atoms with van der Waals surface area (Å²) in [5, 5.41) is 3.59. The first kappa shape index (κ1) is 12.3. The van der Waals surface area contributed by atoms with E-state index in [0.717, 1.165) is 25.0 Å². The predicted octanol–water partition coefficient (Wildman–Crippen LogP) is 1.48. The average molecular weight is 226 g/mol. The second-order valence-corrected chi connectivity index (χ2v) is 5.58. The zero-order valence-corrected chi connectivity index (χ0v) is 10.9. The summed E-state index contributed by atoms with van der Waals surface area (Å²) in [6, 6.07) is 1.44. The highest BCUT2D eigenvalue weighted by Crippen LogP contribution is 2.23. The van der Waals surface area contributed by atoms with E-state index in [-0.39, 0.29) is 0 Å². The summed E-state index contributed by atoms with van der Waals surface area (Å²) in [6.45, 7) is 8.13. The molecule has 2 heterocycles. The van der Waals surface area contributed by atoms with Crippen molar-refractivity contribution in [2.75, 3.05) is 26.7 Å². The van der Waals surface area contributed by atoms with E-state index in [0.29, 0.717) is 12.1 Å². The molecule has 0 bridgehead atoms. The number of methoxy groups -OCH3 is 1. The highest BCUT2D eigenvalue weighted by Gasteiger charge is 2.31. The number of likely N-dealkylation sites (tertiary alicyclic amines) is 1. The first-order valence-electron chi connectivity index (χ1n) is 6.71. The number of nitrogens with one attached hydrogen (secondary N) is 1. The van der Waals surface area contributed by atoms with Crippen molar-refractivity contribution in [3.63, 3.8) is 0 Å². The van der Waals surface area contributed by atoms with Gasteiger partial charge in [-0.05, 0) is 38.6 Å². The lowest BCUT2D eigenvalue weighted by molar-refractivity contribution is -0.0232. The monoisotopic (exact) mass is 226 g/mol. The summed E-state index contributed by atoms with van der Waals surface area (Å²) in [4.78, 5) is 2.63. The summed E-state index contributed by atoms with van der Waals surface area (Å²) in [5.74, 6) is 0.719. The summed E-state index contributed by atoms with van der Waals surface area (Å²) in [6.07, 6.45) is 4.38. The van der Waals surface area contributed by atoms with Gasteiger partial charge in [-0.2, -0.15) is 0 Å². The van der Waals surface area contributed by atoms with Gasteiger partial charge in [0.05, 0.1) is 6.10 Å². The lowest BCUT2D eigenvalue weighted by Gasteiger charge is -2.43. The molecule has 0 spiro atoms. The Morgan fingerprint density at radius 2 is 2.00 bits per heavy atom. The Labute approximate surface area is 99.5 Å². The molecule has 4 unspecified atom stereocenters. The number of hydrogen-bond donors (Lipinski definition) is 1. The van der Waals surface area contributed by atoms with Crippen molar-refractivity contribution in [1.29, 1.82) is 0 Å². The number of nitrogens with zero attached hydrogens (tertiary/aromatic N) is 1. The fraction of sp³-hybridized carbons (Fsp3) is 1.00. The van der Waals surface area contributed by atoms with E-state index in [4.69, 9.17) is 4.74 Å². The predicted molar refractivity (Wildman–Crippen MR) is 66.6 cm³/mol. The second-order valence-electron chi connectivity index (χ2n) is 5.58. The lowest BCUT2D eigenvalue weighted by Crippen LogP contribution is -2.54. The van der Waals surface area contributed by atoms with E-state index >= 15 is 0 Å². The summed E-state index contributed by atoms with van der Waals surface area (Å²) in [5.41, 5.74) is 0. The minimum Gasteiger partial charge on any atom is -0.380 e. The van der Waals surface area contributed by atoms with Gasteiger partial charge in [0.15, 0.2) is 0 Å². The van der Waals surface area contributed by atoms with E-state index in [9.17, 15) is 0 Å². The average Bonchev–Trinajstić information content (AvgIpc) is 2.31. The molecule has 0 aromatic heterocycles. The van der Waals surface area contributed by atoms with Gasteiger partial charge in [0.1, 0.15) is 0 Å². The normalized spacial score (nSPS) is 42.2. The highest BCUT2D eigenvalue weighted by molar-refractivity contribution is 4.87. The molecule has 1 N–H and O–H groups in total. The lowest BCUT2D eigenvalue weighted by atomic mass is 9.92. The van der Waals surface area contributed by atoms with Crippen molar-refractivity contribution in [3.05, 3.63) is 0 Å². The van der Waals surface area contributed by atoms with Crippen LogP contribution in [0.5, 0.6) is 0 Å². The zero-order valence-electron chi connectivity index (χ0n) is 10.9. The number of piperidine rings is 2. The van der Waals surface area contributed by atoms with Crippen LogP contribution in [0.1, 0.15) is 33.1 Å². The molecule has 0 aliphatic carbocycles. The van der Waals surface area contributed by atoms with E-state index < -0.39 is 0 Å². The van der Waals surface area contributed by atoms with Gasteiger partial charge in [0.2, 0.25) is 0 Å². The molecular formula is C13H26N2O. The molecule has 2 rings (SSSR count). The molecular weight excluding hydrogens is 200 g/mol. The van der Waals surface area contributed by atoms with Crippen LogP contribution in [0.3, 0.4) is 0 Å². The molecule has 0 aromatic rings. The first-order chi connectivity index (χ1) is 7.70. The number of ether oxygens (including phenoxy) is 1. The van der Waals surface area contributed by atoms with Gasteiger partial charge in [0, 0.05) is 32.3 Å². The molecule has 2 saturated heterocycles. The molecule has 2 aliphatic heterocycles. The molecule has 0 aromatic carbocycles.